The molecule has 5 nitrogen and oxygen atoms in total. The molecule has 1 aliphatic carbocycles. The van der Waals surface area contributed by atoms with Gasteiger partial charge in [-0.25, -0.2) is 8.42 Å². The molecule has 2 aliphatic rings. The van der Waals surface area contributed by atoms with Gasteiger partial charge in [0.05, 0.1) is 10.6 Å². The van der Waals surface area contributed by atoms with E-state index in [-0.39, 0.29) is 16.7 Å². The molecule has 0 bridgehead atoms. The van der Waals surface area contributed by atoms with Gasteiger partial charge >= 0.3 is 0 Å². The zero-order chi connectivity index (χ0) is 17.6. The molecule has 1 saturated carbocycles. The second-order valence-corrected chi connectivity index (χ2v) is 8.58. The number of hydrogen-bond acceptors (Lipinski definition) is 3. The molecule has 1 fully saturated rings. The number of fused-ring (bicyclic) bond motifs is 1. The summed E-state index contributed by atoms with van der Waals surface area (Å²) in [6.45, 7) is 0.642. The van der Waals surface area contributed by atoms with Crippen molar-refractivity contribution in [2.75, 3.05) is 22.8 Å². The Hall–Kier alpha value is -2.34. The van der Waals surface area contributed by atoms with E-state index in [0.29, 0.717) is 18.7 Å². The Bertz CT molecular complexity index is 921. The second-order valence-electron chi connectivity index (χ2n) is 6.61. The molecule has 4 rings (SSSR count). The summed E-state index contributed by atoms with van der Waals surface area (Å²) in [6, 6.07) is 14.1. The molecule has 1 aliphatic heterocycles. The molecule has 0 radical (unpaired) electrons. The van der Waals surface area contributed by atoms with Crippen LogP contribution in [0.1, 0.15) is 18.4 Å². The van der Waals surface area contributed by atoms with Gasteiger partial charge in [0, 0.05) is 25.2 Å². The van der Waals surface area contributed by atoms with E-state index >= 15 is 0 Å². The molecule has 0 spiro atoms. The van der Waals surface area contributed by atoms with Crippen molar-refractivity contribution in [1.29, 1.82) is 0 Å². The van der Waals surface area contributed by atoms with E-state index in [1.54, 1.807) is 37.4 Å². The van der Waals surface area contributed by atoms with Gasteiger partial charge in [-0.15, -0.1) is 0 Å². The zero-order valence-corrected chi connectivity index (χ0v) is 14.9. The maximum Gasteiger partial charge on any atom is 0.264 e. The van der Waals surface area contributed by atoms with E-state index in [1.165, 1.54) is 4.31 Å². The number of nitrogens with zero attached hydrogens (tertiary/aromatic N) is 2. The molecule has 0 aromatic heterocycles. The van der Waals surface area contributed by atoms with Crippen molar-refractivity contribution < 1.29 is 13.2 Å². The van der Waals surface area contributed by atoms with Crippen LogP contribution in [0.3, 0.4) is 0 Å². The van der Waals surface area contributed by atoms with Crippen molar-refractivity contribution >= 4 is 27.3 Å². The van der Waals surface area contributed by atoms with E-state index < -0.39 is 10.0 Å². The Kier molecular flexibility index (Phi) is 3.80. The average molecular weight is 356 g/mol. The Morgan fingerprint density at radius 2 is 1.84 bits per heavy atom. The summed E-state index contributed by atoms with van der Waals surface area (Å²) in [6.07, 6.45) is 2.64. The van der Waals surface area contributed by atoms with Gasteiger partial charge in [0.15, 0.2) is 0 Å². The molecule has 2 aromatic rings. The summed E-state index contributed by atoms with van der Waals surface area (Å²) >= 11 is 0. The van der Waals surface area contributed by atoms with Gasteiger partial charge in [-0.1, -0.05) is 18.2 Å². The largest absolute Gasteiger partial charge is 0.312 e. The number of anilines is 2. The molecule has 0 N–H and O–H groups in total. The lowest BCUT2D eigenvalue weighted by molar-refractivity contribution is -0.119. The van der Waals surface area contributed by atoms with Crippen molar-refractivity contribution in [3.8, 4) is 0 Å². The van der Waals surface area contributed by atoms with Crippen molar-refractivity contribution in [3.63, 3.8) is 0 Å². The molecule has 2 aromatic carbocycles. The van der Waals surface area contributed by atoms with Crippen LogP contribution in [-0.4, -0.2) is 27.9 Å². The molecule has 0 atom stereocenters. The minimum atomic E-state index is -3.63. The summed E-state index contributed by atoms with van der Waals surface area (Å²) in [4.78, 5) is 14.4. The summed E-state index contributed by atoms with van der Waals surface area (Å²) in [5.74, 6) is 0.342. The lowest BCUT2D eigenvalue weighted by atomic mass is 10.2. The van der Waals surface area contributed by atoms with Gasteiger partial charge in [0.1, 0.15) is 0 Å². The lowest BCUT2D eigenvalue weighted by Crippen LogP contribution is -2.30. The first-order valence-electron chi connectivity index (χ1n) is 8.47. The lowest BCUT2D eigenvalue weighted by Gasteiger charge is -2.21. The molecular formula is C19H20N2O3S. The molecule has 0 saturated heterocycles. The number of carbonyl (C=O) groups is 1. The van der Waals surface area contributed by atoms with E-state index in [1.807, 2.05) is 23.1 Å². The van der Waals surface area contributed by atoms with Gasteiger partial charge in [0.2, 0.25) is 5.91 Å². The van der Waals surface area contributed by atoms with Gasteiger partial charge in [-0.2, -0.15) is 0 Å². The highest BCUT2D eigenvalue weighted by Crippen LogP contribution is 2.37. The number of rotatable bonds is 4. The Labute approximate surface area is 147 Å². The fraction of sp³-hybridized carbons (Fsp3) is 0.316. The minimum absolute atomic E-state index is 0.165. The van der Waals surface area contributed by atoms with Crippen molar-refractivity contribution in [1.82, 2.24) is 0 Å². The number of carbonyl (C=O) groups excluding carboxylic acids is 1. The first-order chi connectivity index (χ1) is 12.0. The monoisotopic (exact) mass is 356 g/mol. The van der Waals surface area contributed by atoms with Crippen LogP contribution >= 0.6 is 0 Å². The Morgan fingerprint density at radius 3 is 2.52 bits per heavy atom. The first-order valence-corrected chi connectivity index (χ1v) is 9.91. The number of amides is 1. The van der Waals surface area contributed by atoms with E-state index in [9.17, 15) is 13.2 Å². The topological polar surface area (TPSA) is 57.7 Å². The minimum Gasteiger partial charge on any atom is -0.312 e. The summed E-state index contributed by atoms with van der Waals surface area (Å²) in [5.41, 5.74) is 2.41. The number of benzene rings is 2. The number of para-hydroxylation sites is 1. The Balaban J connectivity index is 1.65. The zero-order valence-electron chi connectivity index (χ0n) is 14.1. The van der Waals surface area contributed by atoms with E-state index in [2.05, 4.69) is 0 Å². The third-order valence-electron chi connectivity index (χ3n) is 4.92. The van der Waals surface area contributed by atoms with Crippen molar-refractivity contribution in [2.45, 2.75) is 24.2 Å². The molecule has 25 heavy (non-hydrogen) atoms. The number of sulfonamides is 1. The highest BCUT2D eigenvalue weighted by Gasteiger charge is 2.37. The van der Waals surface area contributed by atoms with Crippen LogP contribution in [0, 0.1) is 5.92 Å². The third kappa shape index (κ3) is 2.80. The highest BCUT2D eigenvalue weighted by molar-refractivity contribution is 7.92. The fourth-order valence-corrected chi connectivity index (χ4v) is 4.50. The van der Waals surface area contributed by atoms with Crippen molar-refractivity contribution in [3.05, 3.63) is 54.1 Å². The predicted octanol–water partition coefficient (Wildman–Crippen LogP) is 2.81. The van der Waals surface area contributed by atoms with Crippen LogP contribution < -0.4 is 9.21 Å². The summed E-state index contributed by atoms with van der Waals surface area (Å²) in [7, 11) is -2.07. The SMILES string of the molecule is CN(c1ccccc1)S(=O)(=O)c1ccc2c(c1)CCN2C(=O)C1CC1. The van der Waals surface area contributed by atoms with Crippen LogP contribution in [0.15, 0.2) is 53.4 Å². The fourth-order valence-electron chi connectivity index (χ4n) is 3.25. The van der Waals surface area contributed by atoms with Crippen molar-refractivity contribution in [2.24, 2.45) is 5.92 Å². The molecular weight excluding hydrogens is 336 g/mol. The molecule has 6 heteroatoms. The van der Waals surface area contributed by atoms with Crippen LogP contribution in [-0.2, 0) is 21.2 Å². The van der Waals surface area contributed by atoms with E-state index in [0.717, 1.165) is 24.1 Å². The molecule has 1 heterocycles. The molecule has 0 unspecified atom stereocenters. The quantitative estimate of drug-likeness (QED) is 0.846. The van der Waals surface area contributed by atoms with Crippen LogP contribution in [0.4, 0.5) is 11.4 Å². The van der Waals surface area contributed by atoms with Gasteiger partial charge in [0.25, 0.3) is 10.0 Å². The third-order valence-corrected chi connectivity index (χ3v) is 6.70. The maximum absolute atomic E-state index is 12.9. The Morgan fingerprint density at radius 1 is 1.12 bits per heavy atom. The highest BCUT2D eigenvalue weighted by atomic mass is 32.2. The second kappa shape index (κ2) is 5.88. The van der Waals surface area contributed by atoms with Gasteiger partial charge in [-0.3, -0.25) is 9.10 Å². The van der Waals surface area contributed by atoms with Crippen LogP contribution in [0.5, 0.6) is 0 Å². The summed E-state index contributed by atoms with van der Waals surface area (Å²) in [5, 5.41) is 0. The summed E-state index contributed by atoms with van der Waals surface area (Å²) < 4.78 is 27.1. The van der Waals surface area contributed by atoms with Crippen LogP contribution in [0.2, 0.25) is 0 Å². The average Bonchev–Trinajstić information content (AvgIpc) is 3.40. The standard InChI is InChI=1S/C19H20N2O3S/c1-20(16-5-3-2-4-6-16)25(23,24)17-9-10-18-15(13-17)11-12-21(18)19(22)14-7-8-14/h2-6,9-10,13-14H,7-8,11-12H2,1H3. The predicted molar refractivity (Wildman–Crippen MR) is 97.3 cm³/mol. The molecule has 1 amide bonds. The molecule has 130 valence electrons. The van der Waals surface area contributed by atoms with E-state index in [4.69, 9.17) is 0 Å². The van der Waals surface area contributed by atoms with Crippen LogP contribution in [0.25, 0.3) is 0 Å². The smallest absolute Gasteiger partial charge is 0.264 e. The van der Waals surface area contributed by atoms with Gasteiger partial charge < -0.3 is 4.90 Å². The van der Waals surface area contributed by atoms with Gasteiger partial charge in [-0.05, 0) is 55.2 Å². The first kappa shape index (κ1) is 16.1. The normalized spacial score (nSPS) is 16.6. The number of hydrogen-bond donors (Lipinski definition) is 0. The maximum atomic E-state index is 12.9.